The molecule has 9 nitrogen and oxygen atoms in total. The lowest BCUT2D eigenvalue weighted by Crippen LogP contribution is -2.29. The predicted octanol–water partition coefficient (Wildman–Crippen LogP) is 3.11. The van der Waals surface area contributed by atoms with Crippen molar-refractivity contribution in [3.05, 3.63) is 65.8 Å². The number of aromatic hydroxyl groups is 3. The number of aliphatic hydroxyl groups excluding tert-OH is 1. The number of rotatable bonds is 3. The minimum Gasteiger partial charge on any atom is -0.508 e. The van der Waals surface area contributed by atoms with Crippen molar-refractivity contribution in [2.24, 2.45) is 5.92 Å². The Morgan fingerprint density at radius 3 is 2.50 bits per heavy atom. The van der Waals surface area contributed by atoms with Gasteiger partial charge in [-0.25, -0.2) is 4.79 Å². The Morgan fingerprint density at radius 2 is 1.78 bits per heavy atom. The summed E-state index contributed by atoms with van der Waals surface area (Å²) in [7, 11) is 0. The first-order chi connectivity index (χ1) is 15.2. The van der Waals surface area contributed by atoms with Crippen molar-refractivity contribution < 1.29 is 35.1 Å². The van der Waals surface area contributed by atoms with Gasteiger partial charge in [0.2, 0.25) is 5.91 Å². The number of carbonyl (C=O) groups is 2. The van der Waals surface area contributed by atoms with Crippen LogP contribution >= 0.6 is 0 Å². The van der Waals surface area contributed by atoms with Crippen molar-refractivity contribution in [3.63, 3.8) is 0 Å². The van der Waals surface area contributed by atoms with E-state index in [9.17, 15) is 35.1 Å². The van der Waals surface area contributed by atoms with Crippen LogP contribution in [0.3, 0.4) is 0 Å². The number of fused-ring (bicyclic) bond motifs is 2. The molecule has 3 rings (SSSR count). The van der Waals surface area contributed by atoms with E-state index in [-0.39, 0.29) is 46.2 Å². The molecular formula is C23H24N2O7. The number of aliphatic hydroxyl groups is 1. The predicted molar refractivity (Wildman–Crippen MR) is 118 cm³/mol. The third-order valence-electron chi connectivity index (χ3n) is 5.12. The van der Waals surface area contributed by atoms with Crippen molar-refractivity contribution in [2.45, 2.75) is 25.5 Å². The SMILES string of the molecule is C[C@H]1C(=O)Nc2cc(O)cc(c2O)[C@@H](Nc2cc(O)cc(C(=O)O)c2)CC=CC=C[C@H]1O. The molecule has 1 heterocycles. The first kappa shape index (κ1) is 22.7. The number of benzene rings is 2. The number of nitrogens with one attached hydrogen (secondary N) is 2. The van der Waals surface area contributed by atoms with E-state index in [2.05, 4.69) is 10.6 Å². The molecule has 0 spiro atoms. The van der Waals surface area contributed by atoms with Gasteiger partial charge < -0.3 is 36.2 Å². The summed E-state index contributed by atoms with van der Waals surface area (Å²) in [5.41, 5.74) is 0.344. The fourth-order valence-corrected chi connectivity index (χ4v) is 3.32. The molecule has 0 saturated heterocycles. The summed E-state index contributed by atoms with van der Waals surface area (Å²) in [5, 5.41) is 55.9. The van der Waals surface area contributed by atoms with Crippen LogP contribution in [0, 0.1) is 5.92 Å². The highest BCUT2D eigenvalue weighted by Gasteiger charge is 2.24. The van der Waals surface area contributed by atoms with Crippen LogP contribution in [0.4, 0.5) is 11.4 Å². The molecule has 9 heteroatoms. The second-order valence-electron chi connectivity index (χ2n) is 7.52. The van der Waals surface area contributed by atoms with E-state index in [4.69, 9.17) is 0 Å². The van der Waals surface area contributed by atoms with Crippen LogP contribution in [0.25, 0.3) is 0 Å². The largest absolute Gasteiger partial charge is 0.508 e. The van der Waals surface area contributed by atoms with Crippen molar-refractivity contribution in [1.82, 2.24) is 0 Å². The van der Waals surface area contributed by atoms with E-state index in [1.165, 1.54) is 37.3 Å². The number of phenols is 3. The molecule has 0 radical (unpaired) electrons. The first-order valence-corrected chi connectivity index (χ1v) is 9.87. The Labute approximate surface area is 184 Å². The molecule has 168 valence electrons. The molecule has 2 aromatic carbocycles. The van der Waals surface area contributed by atoms with Gasteiger partial charge in [-0.15, -0.1) is 0 Å². The topological polar surface area (TPSA) is 159 Å². The number of hydrogen-bond acceptors (Lipinski definition) is 7. The number of phenolic OH excluding ortho intramolecular Hbond substituents is 3. The molecule has 2 bridgehead atoms. The van der Waals surface area contributed by atoms with Crippen molar-refractivity contribution in [3.8, 4) is 17.2 Å². The highest BCUT2D eigenvalue weighted by molar-refractivity contribution is 5.95. The van der Waals surface area contributed by atoms with Crippen LogP contribution in [-0.4, -0.2) is 43.5 Å². The lowest BCUT2D eigenvalue weighted by Gasteiger charge is -2.23. The number of carboxylic acid groups (broad SMARTS) is 1. The molecule has 1 amide bonds. The lowest BCUT2D eigenvalue weighted by molar-refractivity contribution is -0.121. The van der Waals surface area contributed by atoms with E-state index in [0.717, 1.165) is 6.07 Å². The molecule has 3 atom stereocenters. The maximum atomic E-state index is 12.5. The minimum atomic E-state index is -1.22. The Balaban J connectivity index is 2.07. The number of carbonyl (C=O) groups excluding carboxylic acids is 1. The van der Waals surface area contributed by atoms with Gasteiger partial charge >= 0.3 is 5.97 Å². The fourth-order valence-electron chi connectivity index (χ4n) is 3.32. The normalized spacial score (nSPS) is 21.1. The molecule has 0 aromatic heterocycles. The van der Waals surface area contributed by atoms with Crippen LogP contribution in [0.2, 0.25) is 0 Å². The zero-order chi connectivity index (χ0) is 23.4. The average molecular weight is 440 g/mol. The maximum absolute atomic E-state index is 12.5. The Morgan fingerprint density at radius 1 is 1.06 bits per heavy atom. The zero-order valence-corrected chi connectivity index (χ0v) is 17.2. The summed E-state index contributed by atoms with van der Waals surface area (Å²) in [6, 6.07) is 5.61. The van der Waals surface area contributed by atoms with Crippen LogP contribution in [0.15, 0.2) is 54.6 Å². The first-order valence-electron chi connectivity index (χ1n) is 9.87. The molecule has 32 heavy (non-hydrogen) atoms. The van der Waals surface area contributed by atoms with Gasteiger partial charge in [-0.05, 0) is 24.6 Å². The van der Waals surface area contributed by atoms with Crippen molar-refractivity contribution >= 4 is 23.3 Å². The van der Waals surface area contributed by atoms with Crippen LogP contribution in [0.5, 0.6) is 17.2 Å². The second kappa shape index (κ2) is 9.44. The quantitative estimate of drug-likeness (QED) is 0.283. The molecule has 0 saturated carbocycles. The lowest BCUT2D eigenvalue weighted by atomic mass is 9.99. The molecule has 0 aliphatic carbocycles. The van der Waals surface area contributed by atoms with Gasteiger partial charge in [0.1, 0.15) is 17.2 Å². The van der Waals surface area contributed by atoms with E-state index in [1.54, 1.807) is 18.2 Å². The standard InChI is InChI=1S/C23H24N2O7/c1-12-20(28)6-4-2-3-5-18(24-14-7-13(23(31)32)8-15(26)9-14)17-10-16(27)11-19(21(17)29)25-22(12)30/h2-4,6-12,18,20,24,26-29H,5H2,1H3,(H,25,30)(H,31,32)/t12-,18+,20-/m1/s1. The molecule has 0 unspecified atom stereocenters. The van der Waals surface area contributed by atoms with Gasteiger partial charge in [0.15, 0.2) is 0 Å². The summed E-state index contributed by atoms with van der Waals surface area (Å²) in [6.07, 6.45) is 5.67. The fraction of sp³-hybridized carbons (Fsp3) is 0.217. The third-order valence-corrected chi connectivity index (χ3v) is 5.12. The van der Waals surface area contributed by atoms with E-state index in [1.807, 2.05) is 0 Å². The van der Waals surface area contributed by atoms with Crippen LogP contribution in [-0.2, 0) is 4.79 Å². The van der Waals surface area contributed by atoms with Crippen molar-refractivity contribution in [1.29, 1.82) is 0 Å². The third kappa shape index (κ3) is 5.19. The molecule has 1 aliphatic rings. The number of anilines is 2. The van der Waals surface area contributed by atoms with Gasteiger partial charge in [-0.1, -0.05) is 31.2 Å². The Hall–Kier alpha value is -3.98. The summed E-state index contributed by atoms with van der Waals surface area (Å²) in [6.45, 7) is 1.53. The summed E-state index contributed by atoms with van der Waals surface area (Å²) >= 11 is 0. The highest BCUT2D eigenvalue weighted by Crippen LogP contribution is 2.39. The van der Waals surface area contributed by atoms with Gasteiger partial charge in [0.25, 0.3) is 0 Å². The smallest absolute Gasteiger partial charge is 0.335 e. The highest BCUT2D eigenvalue weighted by atomic mass is 16.4. The van der Waals surface area contributed by atoms with Gasteiger partial charge in [0, 0.05) is 23.4 Å². The van der Waals surface area contributed by atoms with Gasteiger partial charge in [-0.2, -0.15) is 0 Å². The molecule has 1 aliphatic heterocycles. The Bertz CT molecular complexity index is 1090. The summed E-state index contributed by atoms with van der Waals surface area (Å²) in [5.74, 6) is -3.36. The van der Waals surface area contributed by atoms with Gasteiger partial charge in [-0.3, -0.25) is 4.79 Å². The number of hydrogen-bond donors (Lipinski definition) is 7. The second-order valence-corrected chi connectivity index (χ2v) is 7.52. The van der Waals surface area contributed by atoms with Gasteiger partial charge in [0.05, 0.1) is 29.3 Å². The minimum absolute atomic E-state index is 0.0369. The van der Waals surface area contributed by atoms with E-state index >= 15 is 0 Å². The number of carboxylic acids is 1. The van der Waals surface area contributed by atoms with Crippen LogP contribution in [0.1, 0.15) is 35.3 Å². The average Bonchev–Trinajstić information content (AvgIpc) is 2.73. The van der Waals surface area contributed by atoms with Crippen molar-refractivity contribution in [2.75, 3.05) is 10.6 Å². The number of allylic oxidation sites excluding steroid dienone is 2. The monoisotopic (exact) mass is 440 g/mol. The molecule has 0 fully saturated rings. The number of aromatic carboxylic acids is 1. The van der Waals surface area contributed by atoms with E-state index in [0.29, 0.717) is 0 Å². The maximum Gasteiger partial charge on any atom is 0.335 e. The molecule has 2 aromatic rings. The number of amides is 1. The molecule has 7 N–H and O–H groups in total. The Kier molecular flexibility index (Phi) is 6.70. The zero-order valence-electron chi connectivity index (χ0n) is 17.2. The van der Waals surface area contributed by atoms with E-state index < -0.39 is 29.9 Å². The van der Waals surface area contributed by atoms with Crippen LogP contribution < -0.4 is 10.6 Å². The summed E-state index contributed by atoms with van der Waals surface area (Å²) < 4.78 is 0. The molecular weight excluding hydrogens is 416 g/mol. The summed E-state index contributed by atoms with van der Waals surface area (Å²) in [4.78, 5) is 23.8.